The molecule has 0 aliphatic heterocycles. The zero-order valence-electron chi connectivity index (χ0n) is 8.83. The highest BCUT2D eigenvalue weighted by Crippen LogP contribution is 2.11. The lowest BCUT2D eigenvalue weighted by atomic mass is 10.2. The Labute approximate surface area is 94.1 Å². The molecule has 1 heterocycles. The number of hydrogen-bond donors (Lipinski definition) is 0. The molecule has 2 nitrogen and oxygen atoms in total. The molecule has 0 unspecified atom stereocenters. The number of aromatic nitrogens is 2. The van der Waals surface area contributed by atoms with Crippen LogP contribution in [0.5, 0.6) is 0 Å². The van der Waals surface area contributed by atoms with Gasteiger partial charge < -0.3 is 0 Å². The number of allylic oxidation sites excluding steroid dienone is 1. The Morgan fingerprint density at radius 2 is 2.36 bits per heavy atom. The third-order valence-electron chi connectivity index (χ3n) is 2.16. The Bertz CT molecular complexity index is 296. The maximum atomic E-state index is 4.28. The van der Waals surface area contributed by atoms with E-state index in [1.165, 1.54) is 11.3 Å². The van der Waals surface area contributed by atoms with Crippen LogP contribution in [0.2, 0.25) is 0 Å². The van der Waals surface area contributed by atoms with Gasteiger partial charge >= 0.3 is 0 Å². The number of aryl methyl sites for hydroxylation is 1. The molecule has 1 aromatic heterocycles. The zero-order valence-corrected chi connectivity index (χ0v) is 10.4. The van der Waals surface area contributed by atoms with Gasteiger partial charge in [0.1, 0.15) is 0 Å². The normalized spacial score (nSPS) is 12.1. The van der Waals surface area contributed by atoms with E-state index in [4.69, 9.17) is 0 Å². The number of hydrogen-bond acceptors (Lipinski definition) is 1. The molecule has 0 fully saturated rings. The molecule has 1 rings (SSSR count). The van der Waals surface area contributed by atoms with Crippen molar-refractivity contribution in [3.05, 3.63) is 23.5 Å². The number of nitrogens with zero attached hydrogens (tertiary/aromatic N) is 2. The Morgan fingerprint density at radius 3 is 2.93 bits per heavy atom. The fourth-order valence-corrected chi connectivity index (χ4v) is 1.87. The molecule has 0 aromatic carbocycles. The lowest BCUT2D eigenvalue weighted by Gasteiger charge is -2.03. The molecule has 0 radical (unpaired) electrons. The molecular weight excluding hydrogens is 240 g/mol. The van der Waals surface area contributed by atoms with Crippen LogP contribution in [-0.2, 0) is 6.54 Å². The van der Waals surface area contributed by atoms with Crippen LogP contribution < -0.4 is 0 Å². The minimum Gasteiger partial charge on any atom is -0.266 e. The zero-order chi connectivity index (χ0) is 10.4. The SMILES string of the molecule is CCCn1nccc1/C=C(/CC)CBr. The lowest BCUT2D eigenvalue weighted by Crippen LogP contribution is -2.01. The summed E-state index contributed by atoms with van der Waals surface area (Å²) in [5.74, 6) is 0. The van der Waals surface area contributed by atoms with Crippen LogP contribution in [0.3, 0.4) is 0 Å². The molecule has 0 N–H and O–H groups in total. The maximum Gasteiger partial charge on any atom is 0.0609 e. The van der Waals surface area contributed by atoms with Crippen LogP contribution >= 0.6 is 15.9 Å². The first-order valence-corrected chi connectivity index (χ1v) is 6.21. The monoisotopic (exact) mass is 256 g/mol. The van der Waals surface area contributed by atoms with Gasteiger partial charge in [-0.05, 0) is 25.0 Å². The van der Waals surface area contributed by atoms with E-state index in [0.717, 1.165) is 24.7 Å². The van der Waals surface area contributed by atoms with E-state index in [1.807, 2.05) is 6.20 Å². The molecule has 1 aromatic rings. The van der Waals surface area contributed by atoms with Crippen LogP contribution in [0.15, 0.2) is 17.8 Å². The fraction of sp³-hybridized carbons (Fsp3) is 0.545. The van der Waals surface area contributed by atoms with E-state index in [0.29, 0.717) is 0 Å². The average molecular weight is 257 g/mol. The van der Waals surface area contributed by atoms with Crippen molar-refractivity contribution in [2.75, 3.05) is 5.33 Å². The highest BCUT2D eigenvalue weighted by molar-refractivity contribution is 9.09. The molecule has 0 amide bonds. The van der Waals surface area contributed by atoms with Crippen molar-refractivity contribution in [1.29, 1.82) is 0 Å². The second-order valence-corrected chi connectivity index (χ2v) is 3.83. The number of alkyl halides is 1. The molecule has 0 saturated carbocycles. The quantitative estimate of drug-likeness (QED) is 0.738. The molecule has 14 heavy (non-hydrogen) atoms. The van der Waals surface area contributed by atoms with Crippen molar-refractivity contribution < 1.29 is 0 Å². The summed E-state index contributed by atoms with van der Waals surface area (Å²) >= 11 is 3.49. The molecule has 0 aliphatic carbocycles. The summed E-state index contributed by atoms with van der Waals surface area (Å²) < 4.78 is 2.05. The Morgan fingerprint density at radius 1 is 1.57 bits per heavy atom. The Balaban J connectivity index is 2.83. The molecule has 78 valence electrons. The summed E-state index contributed by atoms with van der Waals surface area (Å²) in [6, 6.07) is 2.06. The Hall–Kier alpha value is -0.570. The van der Waals surface area contributed by atoms with Crippen molar-refractivity contribution in [1.82, 2.24) is 9.78 Å². The van der Waals surface area contributed by atoms with Gasteiger partial charge in [-0.3, -0.25) is 4.68 Å². The third-order valence-corrected chi connectivity index (χ3v) is 2.88. The van der Waals surface area contributed by atoms with Crippen molar-refractivity contribution in [3.8, 4) is 0 Å². The van der Waals surface area contributed by atoms with Gasteiger partial charge in [0.05, 0.1) is 5.69 Å². The number of halogens is 1. The first-order valence-electron chi connectivity index (χ1n) is 5.09. The van der Waals surface area contributed by atoms with Crippen LogP contribution in [-0.4, -0.2) is 15.1 Å². The minimum absolute atomic E-state index is 0.945. The van der Waals surface area contributed by atoms with Crippen LogP contribution in [0, 0.1) is 0 Å². The van der Waals surface area contributed by atoms with Crippen LogP contribution in [0.1, 0.15) is 32.4 Å². The van der Waals surface area contributed by atoms with Crippen molar-refractivity contribution in [3.63, 3.8) is 0 Å². The highest BCUT2D eigenvalue weighted by Gasteiger charge is 1.99. The second-order valence-electron chi connectivity index (χ2n) is 3.27. The minimum atomic E-state index is 0.945. The van der Waals surface area contributed by atoms with Gasteiger partial charge in [0.2, 0.25) is 0 Å². The molecule has 0 atom stereocenters. The Kier molecular flexibility index (Phi) is 4.94. The van der Waals surface area contributed by atoms with E-state index >= 15 is 0 Å². The van der Waals surface area contributed by atoms with E-state index in [9.17, 15) is 0 Å². The van der Waals surface area contributed by atoms with Gasteiger partial charge in [-0.15, -0.1) is 0 Å². The summed E-state index contributed by atoms with van der Waals surface area (Å²) in [4.78, 5) is 0. The van der Waals surface area contributed by atoms with Gasteiger partial charge in [0, 0.05) is 18.1 Å². The van der Waals surface area contributed by atoms with E-state index in [1.54, 1.807) is 0 Å². The van der Waals surface area contributed by atoms with Crippen molar-refractivity contribution in [2.45, 2.75) is 33.2 Å². The summed E-state index contributed by atoms with van der Waals surface area (Å²) in [5.41, 5.74) is 2.62. The standard InChI is InChI=1S/C11H17BrN2/c1-3-7-14-11(5-6-13-14)8-10(4-2)9-12/h5-6,8H,3-4,7,9H2,1-2H3/b10-8-. The van der Waals surface area contributed by atoms with E-state index < -0.39 is 0 Å². The second kappa shape index (κ2) is 6.02. The van der Waals surface area contributed by atoms with Crippen molar-refractivity contribution >= 4 is 22.0 Å². The summed E-state index contributed by atoms with van der Waals surface area (Å²) in [6.07, 6.45) is 6.29. The molecule has 0 aliphatic rings. The van der Waals surface area contributed by atoms with E-state index in [2.05, 4.69) is 51.7 Å². The van der Waals surface area contributed by atoms with Crippen LogP contribution in [0.25, 0.3) is 6.08 Å². The molecular formula is C11H17BrN2. The average Bonchev–Trinajstić information content (AvgIpc) is 2.62. The molecule has 0 spiro atoms. The molecule has 3 heteroatoms. The van der Waals surface area contributed by atoms with E-state index in [-0.39, 0.29) is 0 Å². The van der Waals surface area contributed by atoms with Gasteiger partial charge in [-0.2, -0.15) is 5.10 Å². The topological polar surface area (TPSA) is 17.8 Å². The summed E-state index contributed by atoms with van der Waals surface area (Å²) in [7, 11) is 0. The van der Waals surface area contributed by atoms with Gasteiger partial charge in [-0.1, -0.05) is 35.4 Å². The predicted octanol–water partition coefficient (Wildman–Crippen LogP) is 3.48. The summed E-state index contributed by atoms with van der Waals surface area (Å²) in [6.45, 7) is 5.34. The molecule has 0 bridgehead atoms. The predicted molar refractivity (Wildman–Crippen MR) is 64.6 cm³/mol. The van der Waals surface area contributed by atoms with Gasteiger partial charge in [0.15, 0.2) is 0 Å². The maximum absolute atomic E-state index is 4.28. The first kappa shape index (κ1) is 11.5. The van der Waals surface area contributed by atoms with Crippen molar-refractivity contribution in [2.24, 2.45) is 0 Å². The lowest BCUT2D eigenvalue weighted by molar-refractivity contribution is 0.598. The summed E-state index contributed by atoms with van der Waals surface area (Å²) in [5, 5.41) is 5.23. The molecule has 0 saturated heterocycles. The van der Waals surface area contributed by atoms with Crippen LogP contribution in [0.4, 0.5) is 0 Å². The number of rotatable bonds is 5. The fourth-order valence-electron chi connectivity index (χ4n) is 1.31. The van der Waals surface area contributed by atoms with Gasteiger partial charge in [-0.25, -0.2) is 0 Å². The highest BCUT2D eigenvalue weighted by atomic mass is 79.9. The first-order chi connectivity index (χ1) is 6.81. The van der Waals surface area contributed by atoms with Gasteiger partial charge in [0.25, 0.3) is 0 Å². The third kappa shape index (κ3) is 2.98. The smallest absolute Gasteiger partial charge is 0.0609 e. The largest absolute Gasteiger partial charge is 0.266 e.